The Hall–Kier alpha value is -0.570. The largest absolute Gasteiger partial charge is 0.355 e. The van der Waals surface area contributed by atoms with Gasteiger partial charge in [-0.1, -0.05) is 20.8 Å². The Bertz CT molecular complexity index is 127. The average Bonchev–Trinajstić information content (AvgIpc) is 1.85. The van der Waals surface area contributed by atoms with Gasteiger partial charge in [0.2, 0.25) is 5.91 Å². The number of hydrogen-bond donors (Lipinski definition) is 2. The van der Waals surface area contributed by atoms with Crippen LogP contribution < -0.4 is 11.1 Å². The molecule has 0 radical (unpaired) electrons. The molecular formula is C8H18N2O. The van der Waals surface area contributed by atoms with Gasteiger partial charge in [-0.05, 0) is 11.8 Å². The van der Waals surface area contributed by atoms with Gasteiger partial charge in [0.25, 0.3) is 0 Å². The highest BCUT2D eigenvalue weighted by Gasteiger charge is 2.09. The smallest absolute Gasteiger partial charge is 0.233 e. The summed E-state index contributed by atoms with van der Waals surface area (Å²) in [5.41, 5.74) is 5.39. The van der Waals surface area contributed by atoms with E-state index in [4.69, 9.17) is 5.73 Å². The molecule has 0 aliphatic carbocycles. The second-order valence-electron chi connectivity index (χ2n) is 3.86. The molecule has 3 nitrogen and oxygen atoms in total. The van der Waals surface area contributed by atoms with Gasteiger partial charge in [0.1, 0.15) is 0 Å². The summed E-state index contributed by atoms with van der Waals surface area (Å²) >= 11 is 0. The number of carbonyl (C=O) groups excluding carboxylic acids is 1. The van der Waals surface area contributed by atoms with E-state index in [1.807, 2.05) is 0 Å². The van der Waals surface area contributed by atoms with Crippen LogP contribution in [-0.4, -0.2) is 19.0 Å². The van der Waals surface area contributed by atoms with Gasteiger partial charge in [-0.25, -0.2) is 0 Å². The number of amides is 1. The van der Waals surface area contributed by atoms with Crippen LogP contribution in [0.2, 0.25) is 0 Å². The minimum Gasteiger partial charge on any atom is -0.355 e. The van der Waals surface area contributed by atoms with Crippen LogP contribution in [0, 0.1) is 5.41 Å². The summed E-state index contributed by atoms with van der Waals surface area (Å²) in [7, 11) is 0. The summed E-state index contributed by atoms with van der Waals surface area (Å²) in [4.78, 5) is 10.7. The fourth-order valence-corrected chi connectivity index (χ4v) is 0.649. The molecule has 0 aliphatic rings. The summed E-state index contributed by atoms with van der Waals surface area (Å²) in [6.07, 6.45) is 0.985. The van der Waals surface area contributed by atoms with Crippen LogP contribution in [0.4, 0.5) is 0 Å². The van der Waals surface area contributed by atoms with Crippen molar-refractivity contribution in [2.75, 3.05) is 13.1 Å². The molecular weight excluding hydrogens is 140 g/mol. The third kappa shape index (κ3) is 7.33. The van der Waals surface area contributed by atoms with Crippen LogP contribution in [0.15, 0.2) is 0 Å². The van der Waals surface area contributed by atoms with Gasteiger partial charge in [-0.2, -0.15) is 0 Å². The van der Waals surface area contributed by atoms with Crippen molar-refractivity contribution >= 4 is 5.91 Å². The van der Waals surface area contributed by atoms with Crippen molar-refractivity contribution in [1.82, 2.24) is 5.32 Å². The van der Waals surface area contributed by atoms with E-state index < -0.39 is 0 Å². The molecule has 11 heavy (non-hydrogen) atoms. The van der Waals surface area contributed by atoms with Crippen LogP contribution in [0.3, 0.4) is 0 Å². The van der Waals surface area contributed by atoms with Crippen molar-refractivity contribution in [1.29, 1.82) is 0 Å². The van der Waals surface area contributed by atoms with Crippen molar-refractivity contribution in [3.8, 4) is 0 Å². The first-order chi connectivity index (χ1) is 4.95. The molecule has 0 heterocycles. The second-order valence-corrected chi connectivity index (χ2v) is 3.86. The van der Waals surface area contributed by atoms with Crippen LogP contribution >= 0.6 is 0 Å². The van der Waals surface area contributed by atoms with Gasteiger partial charge in [-0.3, -0.25) is 4.79 Å². The summed E-state index contributed by atoms with van der Waals surface area (Å²) in [5.74, 6) is -0.0748. The third-order valence-electron chi connectivity index (χ3n) is 1.38. The van der Waals surface area contributed by atoms with Crippen molar-refractivity contribution in [2.24, 2.45) is 11.1 Å². The van der Waals surface area contributed by atoms with E-state index in [1.165, 1.54) is 0 Å². The fraction of sp³-hybridized carbons (Fsp3) is 0.875. The van der Waals surface area contributed by atoms with Gasteiger partial charge >= 0.3 is 0 Å². The molecule has 0 aliphatic heterocycles. The molecule has 3 N–H and O–H groups in total. The first kappa shape index (κ1) is 10.4. The maximum absolute atomic E-state index is 10.7. The molecule has 0 spiro atoms. The predicted octanol–water partition coefficient (Wildman–Crippen LogP) is 0.497. The Morgan fingerprint density at radius 1 is 1.45 bits per heavy atom. The monoisotopic (exact) mass is 158 g/mol. The molecule has 66 valence electrons. The number of nitrogens with two attached hydrogens (primary N) is 1. The SMILES string of the molecule is CC(C)(C)CCNC(=O)CN. The number of carbonyl (C=O) groups is 1. The lowest BCUT2D eigenvalue weighted by Crippen LogP contribution is -2.32. The van der Waals surface area contributed by atoms with Gasteiger partial charge in [0.15, 0.2) is 0 Å². The van der Waals surface area contributed by atoms with Crippen LogP contribution in [0.5, 0.6) is 0 Å². The highest BCUT2D eigenvalue weighted by molar-refractivity contribution is 5.77. The first-order valence-electron chi connectivity index (χ1n) is 3.92. The van der Waals surface area contributed by atoms with E-state index >= 15 is 0 Å². The summed E-state index contributed by atoms with van der Waals surface area (Å²) in [6.45, 7) is 7.23. The summed E-state index contributed by atoms with van der Waals surface area (Å²) in [6, 6.07) is 0. The van der Waals surface area contributed by atoms with E-state index in [1.54, 1.807) is 0 Å². The topological polar surface area (TPSA) is 55.1 Å². The van der Waals surface area contributed by atoms with Gasteiger partial charge in [-0.15, -0.1) is 0 Å². The molecule has 0 aromatic carbocycles. The van der Waals surface area contributed by atoms with E-state index in [-0.39, 0.29) is 17.9 Å². The molecule has 0 rings (SSSR count). The zero-order valence-electron chi connectivity index (χ0n) is 7.61. The zero-order valence-corrected chi connectivity index (χ0v) is 7.61. The van der Waals surface area contributed by atoms with Crippen LogP contribution in [0.25, 0.3) is 0 Å². The lowest BCUT2D eigenvalue weighted by Gasteiger charge is -2.17. The fourth-order valence-electron chi connectivity index (χ4n) is 0.649. The van der Waals surface area contributed by atoms with E-state index in [2.05, 4.69) is 26.1 Å². The van der Waals surface area contributed by atoms with E-state index in [0.717, 1.165) is 13.0 Å². The first-order valence-corrected chi connectivity index (χ1v) is 3.92. The standard InChI is InChI=1S/C8H18N2O/c1-8(2,3)4-5-10-7(11)6-9/h4-6,9H2,1-3H3,(H,10,11). The van der Waals surface area contributed by atoms with Crippen molar-refractivity contribution in [3.63, 3.8) is 0 Å². The average molecular weight is 158 g/mol. The Morgan fingerprint density at radius 2 is 2.00 bits per heavy atom. The molecule has 0 aromatic rings. The minimum absolute atomic E-state index is 0.0748. The van der Waals surface area contributed by atoms with E-state index in [0.29, 0.717) is 0 Å². The maximum atomic E-state index is 10.7. The van der Waals surface area contributed by atoms with Gasteiger partial charge in [0.05, 0.1) is 6.54 Å². The number of rotatable bonds is 3. The van der Waals surface area contributed by atoms with Gasteiger partial charge in [0, 0.05) is 6.54 Å². The van der Waals surface area contributed by atoms with Crippen LogP contribution in [-0.2, 0) is 4.79 Å². The van der Waals surface area contributed by atoms with E-state index in [9.17, 15) is 4.79 Å². The molecule has 0 bridgehead atoms. The maximum Gasteiger partial charge on any atom is 0.233 e. The lowest BCUT2D eigenvalue weighted by molar-refractivity contribution is -0.119. The Balaban J connectivity index is 3.35. The van der Waals surface area contributed by atoms with Crippen molar-refractivity contribution < 1.29 is 4.79 Å². The zero-order chi connectivity index (χ0) is 8.91. The molecule has 0 atom stereocenters. The molecule has 1 amide bonds. The normalized spacial score (nSPS) is 11.3. The summed E-state index contributed by atoms with van der Waals surface area (Å²) < 4.78 is 0. The second kappa shape index (κ2) is 4.34. The molecule has 0 aromatic heterocycles. The van der Waals surface area contributed by atoms with Gasteiger partial charge < -0.3 is 11.1 Å². The molecule has 0 unspecified atom stereocenters. The highest BCUT2D eigenvalue weighted by Crippen LogP contribution is 2.16. The molecule has 0 saturated carbocycles. The van der Waals surface area contributed by atoms with Crippen molar-refractivity contribution in [3.05, 3.63) is 0 Å². The minimum atomic E-state index is -0.0748. The Morgan fingerprint density at radius 3 is 2.36 bits per heavy atom. The number of nitrogens with one attached hydrogen (secondary N) is 1. The molecule has 0 saturated heterocycles. The molecule has 3 heteroatoms. The number of hydrogen-bond acceptors (Lipinski definition) is 2. The quantitative estimate of drug-likeness (QED) is 0.628. The Labute approximate surface area is 68.3 Å². The molecule has 0 fully saturated rings. The lowest BCUT2D eigenvalue weighted by atomic mass is 9.92. The van der Waals surface area contributed by atoms with Crippen LogP contribution in [0.1, 0.15) is 27.2 Å². The Kier molecular flexibility index (Phi) is 4.11. The summed E-state index contributed by atoms with van der Waals surface area (Å²) in [5, 5.41) is 2.72. The highest BCUT2D eigenvalue weighted by atomic mass is 16.1. The third-order valence-corrected chi connectivity index (χ3v) is 1.38. The van der Waals surface area contributed by atoms with Crippen molar-refractivity contribution in [2.45, 2.75) is 27.2 Å². The predicted molar refractivity (Wildman–Crippen MR) is 46.1 cm³/mol.